The Balaban J connectivity index is 1.47. The molecule has 2 saturated heterocycles. The summed E-state index contributed by atoms with van der Waals surface area (Å²) in [5.41, 5.74) is -0.301. The fourth-order valence-corrected chi connectivity index (χ4v) is 4.79. The van der Waals surface area contributed by atoms with Crippen molar-refractivity contribution in [1.29, 1.82) is 0 Å². The molecule has 0 saturated carbocycles. The summed E-state index contributed by atoms with van der Waals surface area (Å²) in [6.45, 7) is 2.43. The third-order valence-corrected chi connectivity index (χ3v) is 6.67. The van der Waals surface area contributed by atoms with Crippen LogP contribution < -0.4 is 11.2 Å². The Labute approximate surface area is 201 Å². The molecule has 9 nitrogen and oxygen atoms in total. The third-order valence-electron chi connectivity index (χ3n) is 6.67. The van der Waals surface area contributed by atoms with Gasteiger partial charge in [-0.15, -0.1) is 0 Å². The van der Waals surface area contributed by atoms with Gasteiger partial charge in [0.25, 0.3) is 5.56 Å². The summed E-state index contributed by atoms with van der Waals surface area (Å²) in [5.74, 6) is -1.98. The van der Waals surface area contributed by atoms with Gasteiger partial charge in [-0.1, -0.05) is 60.7 Å². The Kier molecular flexibility index (Phi) is 6.43. The number of hydrogen-bond acceptors (Lipinski definition) is 7. The Morgan fingerprint density at radius 2 is 1.71 bits per heavy atom. The third kappa shape index (κ3) is 4.26. The molecule has 2 aliphatic heterocycles. The van der Waals surface area contributed by atoms with Crippen LogP contribution in [0.25, 0.3) is 0 Å². The average molecular weight is 481 g/mol. The molecule has 5 rings (SSSR count). The maximum atomic E-state index is 12.7. The molecule has 0 amide bonds. The van der Waals surface area contributed by atoms with E-state index < -0.39 is 35.0 Å². The van der Waals surface area contributed by atoms with Crippen LogP contribution in [0, 0.1) is 6.92 Å². The van der Waals surface area contributed by atoms with E-state index >= 15 is 0 Å². The number of aromatic nitrogens is 2. The van der Waals surface area contributed by atoms with E-state index in [1.54, 1.807) is 6.92 Å². The van der Waals surface area contributed by atoms with E-state index in [0.717, 1.165) is 15.7 Å². The van der Waals surface area contributed by atoms with Crippen LogP contribution in [0.4, 0.5) is 0 Å². The topological polar surface area (TPSA) is 112 Å². The second kappa shape index (κ2) is 9.52. The second-order valence-corrected chi connectivity index (χ2v) is 8.92. The molecule has 9 heteroatoms. The van der Waals surface area contributed by atoms with Crippen molar-refractivity contribution in [2.24, 2.45) is 0 Å². The van der Waals surface area contributed by atoms with E-state index in [1.807, 2.05) is 60.7 Å². The largest absolute Gasteiger partial charge is 0.374 e. The lowest BCUT2D eigenvalue weighted by molar-refractivity contribution is -0.282. The number of nitrogens with one attached hydrogen (secondary N) is 1. The highest BCUT2D eigenvalue weighted by Crippen LogP contribution is 2.54. The molecule has 3 aromatic rings. The first kappa shape index (κ1) is 23.7. The van der Waals surface area contributed by atoms with Crippen molar-refractivity contribution in [3.8, 4) is 0 Å². The minimum Gasteiger partial charge on any atom is -0.374 e. The molecule has 2 aromatic carbocycles. The van der Waals surface area contributed by atoms with Gasteiger partial charge in [-0.2, -0.15) is 0 Å². The highest BCUT2D eigenvalue weighted by atomic mass is 16.7. The van der Waals surface area contributed by atoms with Crippen LogP contribution in [0.2, 0.25) is 0 Å². The van der Waals surface area contributed by atoms with Crippen LogP contribution in [-0.2, 0) is 32.2 Å². The first-order valence-electron chi connectivity index (χ1n) is 11.6. The molecule has 4 unspecified atom stereocenters. The highest BCUT2D eigenvalue weighted by molar-refractivity contribution is 5.18. The predicted octanol–water partition coefficient (Wildman–Crippen LogP) is 2.02. The molecule has 0 aliphatic carbocycles. The van der Waals surface area contributed by atoms with Gasteiger partial charge in [-0.3, -0.25) is 14.3 Å². The van der Waals surface area contributed by atoms with Crippen LogP contribution in [0.5, 0.6) is 0 Å². The second-order valence-electron chi connectivity index (χ2n) is 8.92. The van der Waals surface area contributed by atoms with Crippen molar-refractivity contribution in [2.75, 3.05) is 13.2 Å². The monoisotopic (exact) mass is 480 g/mol. The summed E-state index contributed by atoms with van der Waals surface area (Å²) in [7, 11) is 0. The zero-order valence-corrected chi connectivity index (χ0v) is 19.4. The van der Waals surface area contributed by atoms with Crippen LogP contribution in [-0.4, -0.2) is 45.4 Å². The summed E-state index contributed by atoms with van der Waals surface area (Å²) < 4.78 is 25.6. The summed E-state index contributed by atoms with van der Waals surface area (Å²) >= 11 is 0. The first-order chi connectivity index (χ1) is 16.9. The normalized spacial score (nSPS) is 27.7. The minimum absolute atomic E-state index is 0.100. The van der Waals surface area contributed by atoms with E-state index in [1.165, 1.54) is 6.20 Å². The zero-order valence-electron chi connectivity index (χ0n) is 19.4. The van der Waals surface area contributed by atoms with Crippen LogP contribution in [0.1, 0.15) is 29.3 Å². The molecule has 2 aliphatic rings. The molecule has 0 radical (unpaired) electrons. The minimum atomic E-state index is -1.98. The van der Waals surface area contributed by atoms with E-state index in [0.29, 0.717) is 18.6 Å². The SMILES string of the molecule is Cc1cn(C2OC(COCc3ccccc3)C3(OCc4ccccc4)CCOC23O)c(=O)[nH]c1=O. The molecule has 1 aromatic heterocycles. The van der Waals surface area contributed by atoms with Gasteiger partial charge in [0.15, 0.2) is 11.8 Å². The van der Waals surface area contributed by atoms with Gasteiger partial charge < -0.3 is 24.1 Å². The molecule has 3 heterocycles. The Morgan fingerprint density at radius 1 is 1.06 bits per heavy atom. The van der Waals surface area contributed by atoms with Gasteiger partial charge in [0.2, 0.25) is 5.79 Å². The standard InChI is InChI=1S/C26H28N2O7/c1-18-14-28(24(30)27-22(18)29)23-26(31)25(12-13-33-26,34-16-20-10-6-3-7-11-20)21(35-23)17-32-15-19-8-4-2-5-9-19/h2-11,14,21,23,31H,12-13,15-17H2,1H3,(H,27,29,30). The molecule has 4 atom stereocenters. The predicted molar refractivity (Wildman–Crippen MR) is 126 cm³/mol. The van der Waals surface area contributed by atoms with Gasteiger partial charge >= 0.3 is 5.69 Å². The van der Waals surface area contributed by atoms with Gasteiger partial charge in [0.1, 0.15) is 6.10 Å². The van der Waals surface area contributed by atoms with E-state index in [4.69, 9.17) is 18.9 Å². The van der Waals surface area contributed by atoms with Crippen molar-refractivity contribution in [2.45, 2.75) is 50.3 Å². The number of benzene rings is 2. The van der Waals surface area contributed by atoms with Crippen molar-refractivity contribution >= 4 is 0 Å². The van der Waals surface area contributed by atoms with E-state index in [9.17, 15) is 14.7 Å². The average Bonchev–Trinajstić information content (AvgIpc) is 3.32. The summed E-state index contributed by atoms with van der Waals surface area (Å²) in [6.07, 6.45) is -0.287. The van der Waals surface area contributed by atoms with Crippen LogP contribution in [0.15, 0.2) is 76.4 Å². The number of aliphatic hydroxyl groups is 1. The maximum absolute atomic E-state index is 12.7. The summed E-state index contributed by atoms with van der Waals surface area (Å²) in [6, 6.07) is 19.3. The smallest absolute Gasteiger partial charge is 0.330 e. The van der Waals surface area contributed by atoms with Crippen molar-refractivity contribution in [3.05, 3.63) is 104 Å². The van der Waals surface area contributed by atoms with E-state index in [2.05, 4.69) is 4.98 Å². The maximum Gasteiger partial charge on any atom is 0.330 e. The fraction of sp³-hybridized carbons (Fsp3) is 0.385. The van der Waals surface area contributed by atoms with Crippen molar-refractivity contribution < 1.29 is 24.1 Å². The molecule has 2 N–H and O–H groups in total. The van der Waals surface area contributed by atoms with E-state index in [-0.39, 0.29) is 19.8 Å². The molecular weight excluding hydrogens is 452 g/mol. The first-order valence-corrected chi connectivity index (χ1v) is 11.6. The van der Waals surface area contributed by atoms with Crippen LogP contribution >= 0.6 is 0 Å². The van der Waals surface area contributed by atoms with Gasteiger partial charge in [0, 0.05) is 18.2 Å². The summed E-state index contributed by atoms with van der Waals surface area (Å²) in [4.78, 5) is 26.9. The fourth-order valence-electron chi connectivity index (χ4n) is 4.79. The molecule has 0 bridgehead atoms. The number of nitrogens with zero attached hydrogens (tertiary/aromatic N) is 1. The van der Waals surface area contributed by atoms with Crippen molar-refractivity contribution in [1.82, 2.24) is 9.55 Å². The lowest BCUT2D eigenvalue weighted by atomic mass is 9.87. The molecular formula is C26H28N2O7. The lowest BCUT2D eigenvalue weighted by Crippen LogP contribution is -2.58. The highest BCUT2D eigenvalue weighted by Gasteiger charge is 2.72. The molecule has 35 heavy (non-hydrogen) atoms. The Morgan fingerprint density at radius 3 is 2.40 bits per heavy atom. The number of fused-ring (bicyclic) bond motifs is 1. The summed E-state index contributed by atoms with van der Waals surface area (Å²) in [5, 5.41) is 11.9. The number of ether oxygens (including phenoxy) is 4. The lowest BCUT2D eigenvalue weighted by Gasteiger charge is -2.37. The molecule has 0 spiro atoms. The van der Waals surface area contributed by atoms with Crippen molar-refractivity contribution in [3.63, 3.8) is 0 Å². The number of rotatable bonds is 8. The number of H-pyrrole nitrogens is 1. The number of hydrogen-bond donors (Lipinski definition) is 2. The zero-order chi connectivity index (χ0) is 24.5. The molecule has 184 valence electrons. The van der Waals surface area contributed by atoms with Gasteiger partial charge in [-0.25, -0.2) is 4.79 Å². The Bertz CT molecular complexity index is 1280. The van der Waals surface area contributed by atoms with Gasteiger partial charge in [-0.05, 0) is 18.1 Å². The number of aryl methyl sites for hydroxylation is 1. The Hall–Kier alpha value is -3.08. The molecule has 2 fully saturated rings. The van der Waals surface area contributed by atoms with Gasteiger partial charge in [0.05, 0.1) is 26.4 Å². The van der Waals surface area contributed by atoms with Crippen LogP contribution in [0.3, 0.4) is 0 Å². The quantitative estimate of drug-likeness (QED) is 0.507. The number of aromatic amines is 1.